The predicted octanol–water partition coefficient (Wildman–Crippen LogP) is 7.60. The summed E-state index contributed by atoms with van der Waals surface area (Å²) >= 11 is 0. The van der Waals surface area contributed by atoms with Crippen LogP contribution in [0.5, 0.6) is 0 Å². The SMILES string of the molecule is CCCCCCCCCCCCOCCOCCOCCOCCOCCOCCOCCO[Si](c1ccccc1)(c1ccccc1)C(C)(C)C. The number of ether oxygens (including phenoxy) is 7. The van der Waals surface area contributed by atoms with Crippen LogP contribution in [0, 0.1) is 0 Å². The maximum absolute atomic E-state index is 6.85. The highest BCUT2D eigenvalue weighted by Gasteiger charge is 2.50. The highest BCUT2D eigenvalue weighted by molar-refractivity contribution is 6.99. The van der Waals surface area contributed by atoms with Crippen LogP contribution in [-0.2, 0) is 37.6 Å². The maximum atomic E-state index is 6.85. The van der Waals surface area contributed by atoms with E-state index in [1.165, 1.54) is 68.2 Å². The van der Waals surface area contributed by atoms with Crippen LogP contribution < -0.4 is 10.4 Å². The molecule has 0 heterocycles. The van der Waals surface area contributed by atoms with Crippen LogP contribution in [0.3, 0.4) is 0 Å². The van der Waals surface area contributed by atoms with E-state index in [9.17, 15) is 0 Å². The maximum Gasteiger partial charge on any atom is 0.261 e. The van der Waals surface area contributed by atoms with E-state index in [-0.39, 0.29) is 5.04 Å². The van der Waals surface area contributed by atoms with Gasteiger partial charge in [-0.3, -0.25) is 0 Å². The Kier molecular flexibility index (Phi) is 27.4. The molecule has 0 bridgehead atoms. The molecule has 0 aliphatic heterocycles. The lowest BCUT2D eigenvalue weighted by molar-refractivity contribution is -0.0213. The fourth-order valence-corrected chi connectivity index (χ4v) is 10.7. The first kappa shape index (κ1) is 45.5. The molecular formula is C42H72O8Si. The van der Waals surface area contributed by atoms with E-state index >= 15 is 0 Å². The highest BCUT2D eigenvalue weighted by atomic mass is 28.4. The van der Waals surface area contributed by atoms with Gasteiger partial charge >= 0.3 is 0 Å². The van der Waals surface area contributed by atoms with Gasteiger partial charge in [0.05, 0.1) is 92.5 Å². The van der Waals surface area contributed by atoms with E-state index in [2.05, 4.69) is 88.4 Å². The molecule has 0 spiro atoms. The van der Waals surface area contributed by atoms with Crippen molar-refractivity contribution in [3.63, 3.8) is 0 Å². The van der Waals surface area contributed by atoms with Crippen molar-refractivity contribution in [1.29, 1.82) is 0 Å². The fourth-order valence-electron chi connectivity index (χ4n) is 6.13. The van der Waals surface area contributed by atoms with Crippen LogP contribution in [0.2, 0.25) is 5.04 Å². The average Bonchev–Trinajstić information content (AvgIpc) is 3.14. The number of rotatable bonds is 35. The molecule has 2 aromatic carbocycles. The van der Waals surface area contributed by atoms with Gasteiger partial charge in [0.2, 0.25) is 0 Å². The van der Waals surface area contributed by atoms with Crippen molar-refractivity contribution in [1.82, 2.24) is 0 Å². The highest BCUT2D eigenvalue weighted by Crippen LogP contribution is 2.36. The third-order valence-electron chi connectivity index (χ3n) is 8.84. The first-order valence-corrected chi connectivity index (χ1v) is 21.7. The fraction of sp³-hybridized carbons (Fsp3) is 0.714. The number of unbranched alkanes of at least 4 members (excludes halogenated alkanes) is 9. The minimum atomic E-state index is -2.53. The molecule has 0 N–H and O–H groups in total. The molecule has 0 atom stereocenters. The molecule has 292 valence electrons. The summed E-state index contributed by atoms with van der Waals surface area (Å²) in [5, 5.41) is 2.50. The zero-order valence-corrected chi connectivity index (χ0v) is 33.7. The van der Waals surface area contributed by atoms with E-state index in [1.807, 2.05) is 0 Å². The third-order valence-corrected chi connectivity index (χ3v) is 13.9. The van der Waals surface area contributed by atoms with Gasteiger partial charge < -0.3 is 37.6 Å². The van der Waals surface area contributed by atoms with Crippen LogP contribution in [0.1, 0.15) is 91.9 Å². The summed E-state index contributed by atoms with van der Waals surface area (Å²) in [6.45, 7) is 17.7. The van der Waals surface area contributed by atoms with Crippen molar-refractivity contribution < 1.29 is 37.6 Å². The summed E-state index contributed by atoms with van der Waals surface area (Å²) in [5.41, 5.74) is 0. The topological polar surface area (TPSA) is 73.8 Å². The summed E-state index contributed by atoms with van der Waals surface area (Å²) in [6.07, 6.45) is 13.4. The van der Waals surface area contributed by atoms with Gasteiger partial charge in [0.15, 0.2) is 0 Å². The zero-order chi connectivity index (χ0) is 36.6. The van der Waals surface area contributed by atoms with Crippen molar-refractivity contribution in [3.05, 3.63) is 60.7 Å². The first-order valence-electron chi connectivity index (χ1n) is 19.8. The molecular weight excluding hydrogens is 661 g/mol. The first-order chi connectivity index (χ1) is 25.0. The van der Waals surface area contributed by atoms with Gasteiger partial charge in [-0.25, -0.2) is 0 Å². The predicted molar refractivity (Wildman–Crippen MR) is 211 cm³/mol. The quantitative estimate of drug-likeness (QED) is 0.0530. The van der Waals surface area contributed by atoms with Crippen molar-refractivity contribution in [2.24, 2.45) is 0 Å². The molecule has 8 nitrogen and oxygen atoms in total. The zero-order valence-electron chi connectivity index (χ0n) is 32.7. The summed E-state index contributed by atoms with van der Waals surface area (Å²) in [5.74, 6) is 0. The summed E-state index contributed by atoms with van der Waals surface area (Å²) in [4.78, 5) is 0. The molecule has 51 heavy (non-hydrogen) atoms. The lowest BCUT2D eigenvalue weighted by atomic mass is 10.1. The molecule has 0 saturated carbocycles. The van der Waals surface area contributed by atoms with E-state index < -0.39 is 8.32 Å². The molecule has 0 fully saturated rings. The Bertz CT molecular complexity index is 981. The van der Waals surface area contributed by atoms with Crippen LogP contribution in [-0.4, -0.2) is 107 Å². The van der Waals surface area contributed by atoms with Crippen molar-refractivity contribution in [2.45, 2.75) is 96.9 Å². The molecule has 0 amide bonds. The molecule has 0 aromatic heterocycles. The second-order valence-electron chi connectivity index (χ2n) is 14.0. The molecule has 0 unspecified atom stereocenters. The Balaban J connectivity index is 1.33. The van der Waals surface area contributed by atoms with Gasteiger partial charge in [-0.15, -0.1) is 0 Å². The Labute approximate surface area is 312 Å². The Morgan fingerprint density at radius 2 is 0.667 bits per heavy atom. The largest absolute Gasteiger partial charge is 0.405 e. The summed E-state index contributed by atoms with van der Waals surface area (Å²) in [7, 11) is -2.53. The molecule has 0 aliphatic rings. The number of hydrogen-bond acceptors (Lipinski definition) is 8. The second kappa shape index (κ2) is 30.8. The lowest BCUT2D eigenvalue weighted by Crippen LogP contribution is -2.66. The number of hydrogen-bond donors (Lipinski definition) is 0. The Morgan fingerprint density at radius 3 is 1.00 bits per heavy atom. The van der Waals surface area contributed by atoms with Gasteiger partial charge in [-0.05, 0) is 21.8 Å². The van der Waals surface area contributed by atoms with E-state index in [0.717, 1.165) is 13.0 Å². The van der Waals surface area contributed by atoms with Gasteiger partial charge in [-0.2, -0.15) is 0 Å². The smallest absolute Gasteiger partial charge is 0.261 e. The Morgan fingerprint density at radius 1 is 0.373 bits per heavy atom. The van der Waals surface area contributed by atoms with E-state index in [4.69, 9.17) is 37.6 Å². The second-order valence-corrected chi connectivity index (χ2v) is 18.3. The van der Waals surface area contributed by atoms with Crippen molar-refractivity contribution in [3.8, 4) is 0 Å². The van der Waals surface area contributed by atoms with Gasteiger partial charge in [0.1, 0.15) is 0 Å². The third kappa shape index (κ3) is 21.0. The molecule has 2 rings (SSSR count). The van der Waals surface area contributed by atoms with Gasteiger partial charge in [-0.1, -0.05) is 146 Å². The van der Waals surface area contributed by atoms with Gasteiger partial charge in [0.25, 0.3) is 8.32 Å². The molecule has 2 aromatic rings. The average molecular weight is 733 g/mol. The van der Waals surface area contributed by atoms with E-state index in [1.54, 1.807) is 0 Å². The summed E-state index contributed by atoms with van der Waals surface area (Å²) < 4.78 is 46.4. The minimum absolute atomic E-state index is 0.0471. The number of benzene rings is 2. The van der Waals surface area contributed by atoms with Crippen LogP contribution >= 0.6 is 0 Å². The lowest BCUT2D eigenvalue weighted by Gasteiger charge is -2.43. The molecule has 0 aliphatic carbocycles. The standard InChI is InChI=1S/C42H72O8Si/c1-5-6-7-8-9-10-11-12-13-20-25-43-26-27-44-28-29-45-30-31-46-32-33-47-34-35-48-36-37-49-38-39-50-51(42(2,3)4,40-21-16-14-17-22-40)41-23-18-15-19-24-41/h14-19,21-24H,5-13,20,25-39H2,1-4H3. The van der Waals surface area contributed by atoms with Crippen molar-refractivity contribution >= 4 is 18.7 Å². The van der Waals surface area contributed by atoms with Crippen molar-refractivity contribution in [2.75, 3.05) is 99.1 Å². The molecule has 9 heteroatoms. The van der Waals surface area contributed by atoms with Crippen LogP contribution in [0.4, 0.5) is 0 Å². The minimum Gasteiger partial charge on any atom is -0.405 e. The van der Waals surface area contributed by atoms with Crippen LogP contribution in [0.15, 0.2) is 60.7 Å². The molecule has 0 saturated heterocycles. The van der Waals surface area contributed by atoms with Gasteiger partial charge in [0, 0.05) is 6.61 Å². The summed E-state index contributed by atoms with van der Waals surface area (Å²) in [6, 6.07) is 21.4. The monoisotopic (exact) mass is 732 g/mol. The Hall–Kier alpha value is -1.66. The molecule has 0 radical (unpaired) electrons. The normalized spacial score (nSPS) is 12.2. The van der Waals surface area contributed by atoms with E-state index in [0.29, 0.717) is 92.5 Å². The van der Waals surface area contributed by atoms with Crippen LogP contribution in [0.25, 0.3) is 0 Å².